The number of halogens is 1. The number of carbonyl (C=O) groups excluding carboxylic acids is 1. The summed E-state index contributed by atoms with van der Waals surface area (Å²) in [6, 6.07) is 9.51. The summed E-state index contributed by atoms with van der Waals surface area (Å²) in [4.78, 5) is 11.4. The zero-order valence-electron chi connectivity index (χ0n) is 11.0. The normalized spacial score (nSPS) is 10.6. The topological polar surface area (TPSA) is 77.5 Å². The van der Waals surface area contributed by atoms with E-state index in [4.69, 9.17) is 15.0 Å². The number of furan rings is 1. The van der Waals surface area contributed by atoms with Crippen LogP contribution in [-0.4, -0.2) is 5.91 Å². The maximum atomic E-state index is 11.4. The molecule has 0 spiro atoms. The molecular formula is C14H15BrN2O3. The van der Waals surface area contributed by atoms with Gasteiger partial charge in [0.05, 0.1) is 12.2 Å². The maximum Gasteiger partial charge on any atom is 0.268 e. The fourth-order valence-electron chi connectivity index (χ4n) is 1.81. The first-order valence-corrected chi connectivity index (χ1v) is 6.82. The van der Waals surface area contributed by atoms with E-state index in [1.807, 2.05) is 24.3 Å². The minimum absolute atomic E-state index is 0.297. The molecule has 2 rings (SSSR count). The number of nitrogens with one attached hydrogen (secondary N) is 1. The van der Waals surface area contributed by atoms with Crippen LogP contribution < -0.4 is 11.3 Å². The molecule has 20 heavy (non-hydrogen) atoms. The number of ether oxygens (including phenoxy) is 1. The van der Waals surface area contributed by atoms with Crippen LogP contribution in [0.1, 0.15) is 27.4 Å². The van der Waals surface area contributed by atoms with Gasteiger partial charge in [0.1, 0.15) is 18.1 Å². The second-order valence-electron chi connectivity index (χ2n) is 4.28. The van der Waals surface area contributed by atoms with E-state index in [2.05, 4.69) is 21.4 Å². The Morgan fingerprint density at radius 3 is 2.90 bits per heavy atom. The van der Waals surface area contributed by atoms with Crippen molar-refractivity contribution < 1.29 is 13.9 Å². The Labute approximate surface area is 125 Å². The van der Waals surface area contributed by atoms with Crippen LogP contribution >= 0.6 is 15.9 Å². The smallest absolute Gasteiger partial charge is 0.268 e. The van der Waals surface area contributed by atoms with Gasteiger partial charge in [0.2, 0.25) is 0 Å². The first-order valence-electron chi connectivity index (χ1n) is 6.02. The summed E-state index contributed by atoms with van der Waals surface area (Å²) in [6.07, 6.45) is 0. The molecule has 0 aliphatic carbocycles. The van der Waals surface area contributed by atoms with E-state index in [1.165, 1.54) is 0 Å². The molecule has 0 radical (unpaired) electrons. The highest BCUT2D eigenvalue weighted by Crippen LogP contribution is 2.17. The van der Waals surface area contributed by atoms with Crippen molar-refractivity contribution in [1.29, 1.82) is 0 Å². The SMILES string of the molecule is Cc1oc(COCc2cccc(Br)c2)cc1C(=O)NN. The van der Waals surface area contributed by atoms with Gasteiger partial charge in [-0.05, 0) is 30.7 Å². The van der Waals surface area contributed by atoms with Crippen molar-refractivity contribution in [2.75, 3.05) is 0 Å². The van der Waals surface area contributed by atoms with Gasteiger partial charge in [-0.15, -0.1) is 0 Å². The van der Waals surface area contributed by atoms with Gasteiger partial charge in [0.15, 0.2) is 0 Å². The van der Waals surface area contributed by atoms with E-state index in [1.54, 1.807) is 13.0 Å². The van der Waals surface area contributed by atoms with Crippen LogP contribution in [0.3, 0.4) is 0 Å². The summed E-state index contributed by atoms with van der Waals surface area (Å²) in [7, 11) is 0. The summed E-state index contributed by atoms with van der Waals surface area (Å²) < 4.78 is 12.0. The molecule has 0 atom stereocenters. The Hall–Kier alpha value is -1.63. The van der Waals surface area contributed by atoms with Crippen molar-refractivity contribution in [3.05, 3.63) is 57.5 Å². The number of hydrogen-bond donors (Lipinski definition) is 2. The van der Waals surface area contributed by atoms with Crippen molar-refractivity contribution in [2.45, 2.75) is 20.1 Å². The second-order valence-corrected chi connectivity index (χ2v) is 5.19. The van der Waals surface area contributed by atoms with Gasteiger partial charge in [-0.1, -0.05) is 28.1 Å². The van der Waals surface area contributed by atoms with Crippen LogP contribution in [0.2, 0.25) is 0 Å². The van der Waals surface area contributed by atoms with Gasteiger partial charge < -0.3 is 9.15 Å². The van der Waals surface area contributed by atoms with Crippen molar-refractivity contribution in [3.63, 3.8) is 0 Å². The third-order valence-corrected chi connectivity index (χ3v) is 3.24. The molecule has 0 saturated carbocycles. The molecule has 1 aromatic carbocycles. The quantitative estimate of drug-likeness (QED) is 0.499. The highest BCUT2D eigenvalue weighted by atomic mass is 79.9. The molecule has 106 valence electrons. The molecule has 0 bridgehead atoms. The first-order chi connectivity index (χ1) is 9.60. The predicted octanol–water partition coefficient (Wildman–Crippen LogP) is 2.67. The molecular weight excluding hydrogens is 324 g/mol. The predicted molar refractivity (Wildman–Crippen MR) is 77.7 cm³/mol. The molecule has 0 fully saturated rings. The standard InChI is InChI=1S/C14H15BrN2O3/c1-9-13(14(18)17-16)6-12(20-9)8-19-7-10-3-2-4-11(15)5-10/h2-6H,7-8,16H2,1H3,(H,17,18). The number of amides is 1. The Balaban J connectivity index is 1.93. The van der Waals surface area contributed by atoms with Crippen LogP contribution in [0, 0.1) is 6.92 Å². The third-order valence-electron chi connectivity index (χ3n) is 2.75. The summed E-state index contributed by atoms with van der Waals surface area (Å²) in [5.74, 6) is 5.84. The van der Waals surface area contributed by atoms with Gasteiger partial charge in [-0.2, -0.15) is 0 Å². The van der Waals surface area contributed by atoms with Crippen molar-refractivity contribution in [1.82, 2.24) is 5.43 Å². The molecule has 0 aliphatic rings. The van der Waals surface area contributed by atoms with Crippen molar-refractivity contribution in [3.8, 4) is 0 Å². The number of carbonyl (C=O) groups is 1. The van der Waals surface area contributed by atoms with Crippen LogP contribution in [0.5, 0.6) is 0 Å². The maximum absolute atomic E-state index is 11.4. The number of hydrazine groups is 1. The lowest BCUT2D eigenvalue weighted by Crippen LogP contribution is -2.30. The number of benzene rings is 1. The Kier molecular flexibility index (Phi) is 4.94. The minimum atomic E-state index is -0.371. The molecule has 1 heterocycles. The van der Waals surface area contributed by atoms with Gasteiger partial charge in [0.25, 0.3) is 5.91 Å². The molecule has 0 saturated heterocycles. The molecule has 6 heteroatoms. The van der Waals surface area contributed by atoms with Gasteiger partial charge in [-0.3, -0.25) is 10.2 Å². The third kappa shape index (κ3) is 3.69. The Bertz CT molecular complexity index is 610. The Morgan fingerprint density at radius 2 is 2.20 bits per heavy atom. The van der Waals surface area contributed by atoms with Crippen LogP contribution in [0.15, 0.2) is 39.2 Å². The molecule has 5 nitrogen and oxygen atoms in total. The highest BCUT2D eigenvalue weighted by molar-refractivity contribution is 9.10. The van der Waals surface area contributed by atoms with E-state index >= 15 is 0 Å². The van der Waals surface area contributed by atoms with E-state index < -0.39 is 0 Å². The average Bonchev–Trinajstić information content (AvgIpc) is 2.79. The van der Waals surface area contributed by atoms with E-state index in [9.17, 15) is 4.79 Å². The van der Waals surface area contributed by atoms with Crippen LogP contribution in [0.25, 0.3) is 0 Å². The fourth-order valence-corrected chi connectivity index (χ4v) is 2.26. The summed E-state index contributed by atoms with van der Waals surface area (Å²) in [5, 5.41) is 0. The second kappa shape index (κ2) is 6.69. The molecule has 1 amide bonds. The van der Waals surface area contributed by atoms with Crippen LogP contribution in [-0.2, 0) is 18.0 Å². The molecule has 0 unspecified atom stereocenters. The first kappa shape index (κ1) is 14.8. The minimum Gasteiger partial charge on any atom is -0.463 e. The summed E-state index contributed by atoms with van der Waals surface area (Å²) >= 11 is 3.41. The van der Waals surface area contributed by atoms with E-state index in [-0.39, 0.29) is 5.91 Å². The molecule has 0 aliphatic heterocycles. The monoisotopic (exact) mass is 338 g/mol. The van der Waals surface area contributed by atoms with Crippen LogP contribution in [0.4, 0.5) is 0 Å². The highest BCUT2D eigenvalue weighted by Gasteiger charge is 2.13. The lowest BCUT2D eigenvalue weighted by atomic mass is 10.2. The molecule has 1 aromatic heterocycles. The average molecular weight is 339 g/mol. The molecule has 2 aromatic rings. The number of nitrogen functional groups attached to an aromatic ring is 1. The van der Waals surface area contributed by atoms with Gasteiger partial charge in [0, 0.05) is 4.47 Å². The number of aryl methyl sites for hydroxylation is 1. The lowest BCUT2D eigenvalue weighted by molar-refractivity contribution is 0.0923. The van der Waals surface area contributed by atoms with E-state index in [0.717, 1.165) is 10.0 Å². The fraction of sp³-hybridized carbons (Fsp3) is 0.214. The summed E-state index contributed by atoms with van der Waals surface area (Å²) in [5.41, 5.74) is 3.56. The zero-order chi connectivity index (χ0) is 14.5. The van der Waals surface area contributed by atoms with Crippen molar-refractivity contribution in [2.24, 2.45) is 5.84 Å². The van der Waals surface area contributed by atoms with Gasteiger partial charge >= 0.3 is 0 Å². The van der Waals surface area contributed by atoms with E-state index in [0.29, 0.717) is 30.3 Å². The number of hydrogen-bond acceptors (Lipinski definition) is 4. The molecule has 3 N–H and O–H groups in total. The van der Waals surface area contributed by atoms with Gasteiger partial charge in [-0.25, -0.2) is 5.84 Å². The summed E-state index contributed by atoms with van der Waals surface area (Å²) in [6.45, 7) is 2.48. The largest absolute Gasteiger partial charge is 0.463 e. The van der Waals surface area contributed by atoms with Crippen molar-refractivity contribution >= 4 is 21.8 Å². The lowest BCUT2D eigenvalue weighted by Gasteiger charge is -2.02. The number of rotatable bonds is 5. The zero-order valence-corrected chi connectivity index (χ0v) is 12.6. The number of nitrogens with two attached hydrogens (primary N) is 1. The Morgan fingerprint density at radius 1 is 1.40 bits per heavy atom.